The topological polar surface area (TPSA) is 114 Å². The molecule has 0 saturated carbocycles. The van der Waals surface area contributed by atoms with Crippen LogP contribution in [0.1, 0.15) is 45.1 Å². The largest absolute Gasteiger partial charge is 0.523 e. The summed E-state index contributed by atoms with van der Waals surface area (Å²) in [6.45, 7) is 1.64. The monoisotopic (exact) mass is 513 g/mol. The van der Waals surface area contributed by atoms with E-state index in [1.165, 1.54) is 4.57 Å². The number of quaternary nitrogens is 1. The first-order valence-electron chi connectivity index (χ1n) is 11.4. The Kier molecular flexibility index (Phi) is 8.33. The van der Waals surface area contributed by atoms with Crippen LogP contribution in [-0.4, -0.2) is 62.9 Å². The molecule has 0 bridgehead atoms. The van der Waals surface area contributed by atoms with Crippen molar-refractivity contribution in [3.05, 3.63) is 53.0 Å². The summed E-state index contributed by atoms with van der Waals surface area (Å²) in [6.07, 6.45) is -4.59. The minimum absolute atomic E-state index is 0.00138. The second-order valence-corrected chi connectivity index (χ2v) is 8.81. The van der Waals surface area contributed by atoms with E-state index in [9.17, 15) is 32.9 Å². The molecule has 1 saturated heterocycles. The lowest BCUT2D eigenvalue weighted by Crippen LogP contribution is -2.61. The minimum Gasteiger partial charge on any atom is -0.484 e. The van der Waals surface area contributed by atoms with Crippen LogP contribution in [0, 0.1) is 10.1 Å². The molecule has 0 N–H and O–H groups in total. The molecule has 13 heteroatoms. The van der Waals surface area contributed by atoms with E-state index in [2.05, 4.69) is 4.98 Å². The highest BCUT2D eigenvalue weighted by Crippen LogP contribution is 2.36. The molecular formula is C23H28F3N4O6+. The number of benzene rings is 1. The fraction of sp³-hybridized carbons (Fsp3) is 0.522. The lowest BCUT2D eigenvalue weighted by atomic mass is 10.0. The van der Waals surface area contributed by atoms with E-state index in [0.29, 0.717) is 12.2 Å². The molecule has 2 amide bonds. The number of carbonyl (C=O) groups is 2. The number of carbonyl (C=O) groups excluding carboxylic acids is 2. The van der Waals surface area contributed by atoms with Gasteiger partial charge in [0.15, 0.2) is 12.1 Å². The van der Waals surface area contributed by atoms with Gasteiger partial charge in [0.1, 0.15) is 24.5 Å². The van der Waals surface area contributed by atoms with Crippen molar-refractivity contribution in [1.82, 2.24) is 9.55 Å². The number of nitro groups is 1. The number of ether oxygens (including phenoxy) is 2. The number of hydrogen-bond acceptors (Lipinski definition) is 7. The Labute approximate surface area is 205 Å². The number of methoxy groups -OCH3 is 1. The maximum absolute atomic E-state index is 14.0. The molecule has 0 aliphatic carbocycles. The summed E-state index contributed by atoms with van der Waals surface area (Å²) >= 11 is 0. The number of amides is 2. The molecule has 1 aromatic carbocycles. The predicted octanol–water partition coefficient (Wildman–Crippen LogP) is 4.80. The number of halogens is 3. The molecule has 2 aromatic rings. The molecule has 196 valence electrons. The molecule has 1 unspecified atom stereocenters. The van der Waals surface area contributed by atoms with Crippen molar-refractivity contribution >= 4 is 17.8 Å². The Balaban J connectivity index is 1.91. The van der Waals surface area contributed by atoms with E-state index in [1.54, 1.807) is 31.2 Å². The van der Waals surface area contributed by atoms with E-state index < -0.39 is 58.0 Å². The van der Waals surface area contributed by atoms with E-state index in [4.69, 9.17) is 9.47 Å². The minimum atomic E-state index is -4.35. The summed E-state index contributed by atoms with van der Waals surface area (Å²) in [6, 6.07) is 7.12. The predicted molar refractivity (Wildman–Crippen MR) is 120 cm³/mol. The van der Waals surface area contributed by atoms with Gasteiger partial charge in [-0.25, -0.2) is 4.79 Å². The van der Waals surface area contributed by atoms with E-state index >= 15 is 0 Å². The fourth-order valence-corrected chi connectivity index (χ4v) is 4.65. The summed E-state index contributed by atoms with van der Waals surface area (Å²) in [7, 11) is 1.15. The molecule has 1 fully saturated rings. The Bertz CT molecular complexity index is 1080. The van der Waals surface area contributed by atoms with Crippen LogP contribution in [0.2, 0.25) is 0 Å². The maximum atomic E-state index is 14.0. The maximum Gasteiger partial charge on any atom is 0.523 e. The summed E-state index contributed by atoms with van der Waals surface area (Å²) in [5.74, 6) is -0.610. The number of nitrogens with zero attached hydrogens (tertiary/aromatic N) is 4. The number of unbranched alkanes of at least 4 members (excludes halogenated alkanes) is 1. The van der Waals surface area contributed by atoms with Gasteiger partial charge >= 0.3 is 24.0 Å². The van der Waals surface area contributed by atoms with Gasteiger partial charge in [-0.15, -0.1) is 0 Å². The highest BCUT2D eigenvalue weighted by atomic mass is 19.4. The van der Waals surface area contributed by atoms with Crippen LogP contribution >= 0.6 is 0 Å². The van der Waals surface area contributed by atoms with Gasteiger partial charge in [0.25, 0.3) is 0 Å². The first-order chi connectivity index (χ1) is 17.0. The van der Waals surface area contributed by atoms with Gasteiger partial charge < -0.3 is 19.6 Å². The van der Waals surface area contributed by atoms with Gasteiger partial charge in [-0.1, -0.05) is 24.6 Å². The van der Waals surface area contributed by atoms with Gasteiger partial charge in [0.05, 0.1) is 7.11 Å². The number of para-hydroxylation sites is 1. The fourth-order valence-electron chi connectivity index (χ4n) is 4.65. The number of aromatic nitrogens is 2. The highest BCUT2D eigenvalue weighted by Gasteiger charge is 2.60. The van der Waals surface area contributed by atoms with Crippen molar-refractivity contribution in [3.8, 4) is 5.75 Å². The van der Waals surface area contributed by atoms with Crippen LogP contribution in [0.4, 0.5) is 23.8 Å². The zero-order valence-corrected chi connectivity index (χ0v) is 19.9. The lowest BCUT2D eigenvalue weighted by Gasteiger charge is -2.33. The van der Waals surface area contributed by atoms with Crippen molar-refractivity contribution in [2.75, 3.05) is 13.7 Å². The third-order valence-electron chi connectivity index (χ3n) is 6.40. The van der Waals surface area contributed by atoms with Gasteiger partial charge in [0.2, 0.25) is 6.33 Å². The van der Waals surface area contributed by atoms with E-state index in [0.717, 1.165) is 19.6 Å². The van der Waals surface area contributed by atoms with Crippen LogP contribution in [0.25, 0.3) is 0 Å². The van der Waals surface area contributed by atoms with Crippen LogP contribution in [0.15, 0.2) is 42.9 Å². The van der Waals surface area contributed by atoms with Crippen LogP contribution < -0.4 is 4.74 Å². The van der Waals surface area contributed by atoms with E-state index in [1.807, 2.05) is 6.07 Å². The number of hydrogen-bond donors (Lipinski definition) is 0. The molecule has 10 nitrogen and oxygen atoms in total. The van der Waals surface area contributed by atoms with Crippen molar-refractivity contribution in [2.24, 2.45) is 0 Å². The van der Waals surface area contributed by atoms with Crippen molar-refractivity contribution in [1.29, 1.82) is 0 Å². The first-order valence-corrected chi connectivity index (χ1v) is 11.4. The number of rotatable bonds is 9. The normalized spacial score (nSPS) is 22.7. The van der Waals surface area contributed by atoms with Crippen LogP contribution in [0.5, 0.6) is 5.75 Å². The number of imide groups is 1. The van der Waals surface area contributed by atoms with E-state index in [-0.39, 0.29) is 25.8 Å². The first kappa shape index (κ1) is 27.1. The van der Waals surface area contributed by atoms with Gasteiger partial charge in [-0.3, -0.25) is 4.57 Å². The van der Waals surface area contributed by atoms with Crippen molar-refractivity contribution in [3.63, 3.8) is 0 Å². The molecule has 0 spiro atoms. The average molecular weight is 513 g/mol. The second-order valence-electron chi connectivity index (χ2n) is 8.81. The summed E-state index contributed by atoms with van der Waals surface area (Å²) in [5.41, 5.74) is 0. The van der Waals surface area contributed by atoms with Crippen molar-refractivity contribution < 1.29 is 41.6 Å². The molecular weight excluding hydrogens is 485 g/mol. The Morgan fingerprint density at radius 1 is 1.28 bits per heavy atom. The zero-order chi connectivity index (χ0) is 26.5. The van der Waals surface area contributed by atoms with Gasteiger partial charge in [0, 0.05) is 12.8 Å². The van der Waals surface area contributed by atoms with Crippen molar-refractivity contribution in [2.45, 2.75) is 63.4 Å². The summed E-state index contributed by atoms with van der Waals surface area (Å²) in [5, 5.41) is 11.1. The summed E-state index contributed by atoms with van der Waals surface area (Å²) in [4.78, 5) is 41.2. The molecule has 36 heavy (non-hydrogen) atoms. The number of imidazole rings is 1. The smallest absolute Gasteiger partial charge is 0.484 e. The quantitative estimate of drug-likeness (QED) is 0.205. The van der Waals surface area contributed by atoms with Crippen LogP contribution in [-0.2, 0) is 9.53 Å². The zero-order valence-electron chi connectivity index (χ0n) is 19.9. The molecule has 1 aliphatic rings. The molecule has 4 atom stereocenters. The third-order valence-corrected chi connectivity index (χ3v) is 6.40. The standard InChI is InChI=1S/C23H28F3N4O6/c1-16-12-18(36-17-8-4-3-5-9-17)14-30(16,22(32)35-2)21(31)19(10-6-7-11-23(24,25)26)28-13-20(27-15-28)29(33)34/h3-5,8-9,13,15-16,18-19H,6-7,10-12,14H2,1-2H3/q+1/t16-,18-,19?,30-/m1/s1. The van der Waals surface area contributed by atoms with Gasteiger partial charge in [-0.05, 0) is 41.8 Å². The SMILES string of the molecule is COC(=O)[N@+]1(C(=O)C(CCCCC(F)(F)F)n2cnc([N+](=O)[O-])c2)C[C@H](Oc2ccccc2)C[C@H]1C. The summed E-state index contributed by atoms with van der Waals surface area (Å²) < 4.78 is 49.4. The third kappa shape index (κ3) is 6.01. The molecule has 2 heterocycles. The Morgan fingerprint density at radius 2 is 1.97 bits per heavy atom. The lowest BCUT2D eigenvalue weighted by molar-refractivity contribution is -0.795. The average Bonchev–Trinajstić information content (AvgIpc) is 3.43. The molecule has 0 radical (unpaired) electrons. The highest BCUT2D eigenvalue weighted by molar-refractivity contribution is 5.84. The Hall–Kier alpha value is -3.48. The number of likely N-dealkylation sites (tertiary alicyclic amines) is 1. The molecule has 1 aliphatic heterocycles. The second kappa shape index (κ2) is 11.1. The molecule has 3 rings (SSSR count). The number of alkyl halides is 3. The van der Waals surface area contributed by atoms with Crippen LogP contribution in [0.3, 0.4) is 0 Å². The molecule has 1 aromatic heterocycles. The van der Waals surface area contributed by atoms with Gasteiger partial charge in [-0.2, -0.15) is 22.4 Å². The Morgan fingerprint density at radius 3 is 2.56 bits per heavy atom.